The van der Waals surface area contributed by atoms with Gasteiger partial charge in [0, 0.05) is 6.54 Å². The van der Waals surface area contributed by atoms with Crippen LogP contribution in [-0.4, -0.2) is 29.6 Å². The Bertz CT molecular complexity index is 768. The highest BCUT2D eigenvalue weighted by Crippen LogP contribution is 2.28. The zero-order valence-electron chi connectivity index (χ0n) is 13.5. The summed E-state index contributed by atoms with van der Waals surface area (Å²) in [5.41, 5.74) is 1.56. The van der Waals surface area contributed by atoms with Crippen molar-refractivity contribution in [1.29, 1.82) is 0 Å². The van der Waals surface area contributed by atoms with E-state index in [4.69, 9.17) is 16.1 Å². The second-order valence-electron chi connectivity index (χ2n) is 5.81. The van der Waals surface area contributed by atoms with Crippen molar-refractivity contribution in [3.63, 3.8) is 0 Å². The lowest BCUT2D eigenvalue weighted by molar-refractivity contribution is -0.121. The number of carbonyl (C=O) groups is 2. The van der Waals surface area contributed by atoms with E-state index in [1.165, 1.54) is 0 Å². The number of aromatic nitrogens is 1. The number of rotatable bonds is 3. The average molecular weight is 348 g/mol. The molecule has 2 heterocycles. The van der Waals surface area contributed by atoms with Crippen molar-refractivity contribution < 1.29 is 14.1 Å². The van der Waals surface area contributed by atoms with Crippen LogP contribution in [-0.2, 0) is 4.79 Å². The molecule has 0 bridgehead atoms. The molecule has 7 heteroatoms. The molecular weight excluding hydrogens is 330 g/mol. The van der Waals surface area contributed by atoms with Gasteiger partial charge in [0.2, 0.25) is 5.91 Å². The van der Waals surface area contributed by atoms with E-state index in [9.17, 15) is 9.59 Å². The molecule has 0 aliphatic carbocycles. The van der Waals surface area contributed by atoms with Crippen LogP contribution in [0.25, 0.3) is 0 Å². The standard InChI is InChI=1S/C17H18ClN3O3/c1-10-15(11(2)24-20-10)16(22)19-13-7-5-9-21(17(13)23)14-8-4-3-6-12(14)18/h3-4,6,8,13H,5,7,9H2,1-2H3,(H,19,22). The average Bonchev–Trinajstić information content (AvgIpc) is 2.89. The third-order valence-electron chi connectivity index (χ3n) is 4.15. The monoisotopic (exact) mass is 347 g/mol. The summed E-state index contributed by atoms with van der Waals surface area (Å²) in [6.45, 7) is 3.96. The molecule has 1 aromatic carbocycles. The van der Waals surface area contributed by atoms with Crippen molar-refractivity contribution in [3.8, 4) is 0 Å². The Labute approximate surface area is 144 Å². The fraction of sp³-hybridized carbons (Fsp3) is 0.353. The topological polar surface area (TPSA) is 75.4 Å². The van der Waals surface area contributed by atoms with E-state index in [1.54, 1.807) is 30.9 Å². The van der Waals surface area contributed by atoms with Crippen LogP contribution in [0.1, 0.15) is 34.7 Å². The van der Waals surface area contributed by atoms with Crippen molar-refractivity contribution in [3.05, 3.63) is 46.3 Å². The summed E-state index contributed by atoms with van der Waals surface area (Å²) >= 11 is 6.20. The number of nitrogens with zero attached hydrogens (tertiary/aromatic N) is 2. The minimum Gasteiger partial charge on any atom is -0.361 e. The number of aryl methyl sites for hydroxylation is 2. The molecule has 0 radical (unpaired) electrons. The van der Waals surface area contributed by atoms with Gasteiger partial charge in [0.15, 0.2) is 0 Å². The van der Waals surface area contributed by atoms with Gasteiger partial charge in [-0.05, 0) is 38.8 Å². The first-order valence-corrected chi connectivity index (χ1v) is 8.16. The molecule has 2 amide bonds. The first-order chi connectivity index (χ1) is 11.5. The number of anilines is 1. The summed E-state index contributed by atoms with van der Waals surface area (Å²) in [5.74, 6) is -0.0590. The summed E-state index contributed by atoms with van der Waals surface area (Å²) in [4.78, 5) is 26.9. The maximum Gasteiger partial charge on any atom is 0.257 e. The zero-order valence-corrected chi connectivity index (χ0v) is 14.3. The van der Waals surface area contributed by atoms with E-state index in [-0.39, 0.29) is 11.8 Å². The van der Waals surface area contributed by atoms with Gasteiger partial charge in [-0.1, -0.05) is 28.9 Å². The van der Waals surface area contributed by atoms with E-state index in [0.717, 1.165) is 6.42 Å². The summed E-state index contributed by atoms with van der Waals surface area (Å²) < 4.78 is 5.01. The Balaban J connectivity index is 1.79. The van der Waals surface area contributed by atoms with Crippen molar-refractivity contribution in [2.45, 2.75) is 32.7 Å². The van der Waals surface area contributed by atoms with Gasteiger partial charge in [0.25, 0.3) is 5.91 Å². The quantitative estimate of drug-likeness (QED) is 0.926. The second kappa shape index (κ2) is 6.65. The van der Waals surface area contributed by atoms with Gasteiger partial charge in [0.05, 0.1) is 16.4 Å². The molecule has 1 unspecified atom stereocenters. The molecule has 1 aromatic heterocycles. The van der Waals surface area contributed by atoms with Crippen LogP contribution in [0, 0.1) is 13.8 Å². The van der Waals surface area contributed by atoms with Gasteiger partial charge in [-0.3, -0.25) is 9.59 Å². The number of amides is 2. The smallest absolute Gasteiger partial charge is 0.257 e. The predicted octanol–water partition coefficient (Wildman–Crippen LogP) is 2.87. The predicted molar refractivity (Wildman–Crippen MR) is 90.3 cm³/mol. The van der Waals surface area contributed by atoms with Crippen molar-refractivity contribution >= 4 is 29.1 Å². The van der Waals surface area contributed by atoms with E-state index < -0.39 is 6.04 Å². The number of carbonyl (C=O) groups excluding carboxylic acids is 2. The van der Waals surface area contributed by atoms with Gasteiger partial charge >= 0.3 is 0 Å². The highest BCUT2D eigenvalue weighted by Gasteiger charge is 2.32. The molecule has 3 rings (SSSR count). The molecule has 0 saturated carbocycles. The summed E-state index contributed by atoms with van der Waals surface area (Å²) in [6.07, 6.45) is 1.37. The number of nitrogens with one attached hydrogen (secondary N) is 1. The molecule has 24 heavy (non-hydrogen) atoms. The van der Waals surface area contributed by atoms with Crippen molar-refractivity contribution in [2.24, 2.45) is 0 Å². The molecule has 1 aliphatic rings. The Hall–Kier alpha value is -2.34. The van der Waals surface area contributed by atoms with E-state index in [2.05, 4.69) is 10.5 Å². The number of piperidine rings is 1. The van der Waals surface area contributed by atoms with Crippen LogP contribution in [0.2, 0.25) is 5.02 Å². The fourth-order valence-electron chi connectivity index (χ4n) is 2.96. The third kappa shape index (κ3) is 3.01. The maximum atomic E-state index is 12.8. The zero-order chi connectivity index (χ0) is 17.3. The molecule has 1 fully saturated rings. The van der Waals surface area contributed by atoms with E-state index >= 15 is 0 Å². The Morgan fingerprint density at radius 2 is 2.12 bits per heavy atom. The number of para-hydroxylation sites is 1. The minimum atomic E-state index is -0.587. The lowest BCUT2D eigenvalue weighted by atomic mass is 10.0. The number of hydrogen-bond donors (Lipinski definition) is 1. The van der Waals surface area contributed by atoms with Crippen LogP contribution < -0.4 is 10.2 Å². The van der Waals surface area contributed by atoms with Crippen LogP contribution >= 0.6 is 11.6 Å². The van der Waals surface area contributed by atoms with E-state index in [1.807, 2.05) is 12.1 Å². The first kappa shape index (κ1) is 16.5. The Morgan fingerprint density at radius 1 is 1.38 bits per heavy atom. The Morgan fingerprint density at radius 3 is 2.79 bits per heavy atom. The molecule has 2 aromatic rings. The van der Waals surface area contributed by atoms with Gasteiger partial charge in [-0.2, -0.15) is 0 Å². The van der Waals surface area contributed by atoms with E-state index in [0.29, 0.717) is 40.7 Å². The summed E-state index contributed by atoms with van der Waals surface area (Å²) in [5, 5.41) is 7.09. The lowest BCUT2D eigenvalue weighted by Gasteiger charge is -2.33. The van der Waals surface area contributed by atoms with Gasteiger partial charge in [-0.25, -0.2) is 0 Å². The van der Waals surface area contributed by atoms with Crippen molar-refractivity contribution in [1.82, 2.24) is 10.5 Å². The number of hydrogen-bond acceptors (Lipinski definition) is 4. The fourth-order valence-corrected chi connectivity index (χ4v) is 3.19. The molecule has 6 nitrogen and oxygen atoms in total. The molecular formula is C17H18ClN3O3. The van der Waals surface area contributed by atoms with Crippen LogP contribution in [0.5, 0.6) is 0 Å². The van der Waals surface area contributed by atoms with Crippen LogP contribution in [0.15, 0.2) is 28.8 Å². The third-order valence-corrected chi connectivity index (χ3v) is 4.47. The molecule has 126 valence electrons. The SMILES string of the molecule is Cc1noc(C)c1C(=O)NC1CCCN(c2ccccc2Cl)C1=O. The van der Waals surface area contributed by atoms with Gasteiger partial charge in [-0.15, -0.1) is 0 Å². The van der Waals surface area contributed by atoms with Gasteiger partial charge in [0.1, 0.15) is 17.4 Å². The highest BCUT2D eigenvalue weighted by molar-refractivity contribution is 6.33. The normalized spacial score (nSPS) is 17.9. The largest absolute Gasteiger partial charge is 0.361 e. The highest BCUT2D eigenvalue weighted by atomic mass is 35.5. The summed E-state index contributed by atoms with van der Waals surface area (Å²) in [7, 11) is 0. The molecule has 1 atom stereocenters. The van der Waals surface area contributed by atoms with Crippen molar-refractivity contribution in [2.75, 3.05) is 11.4 Å². The number of halogens is 1. The first-order valence-electron chi connectivity index (χ1n) is 7.78. The van der Waals surface area contributed by atoms with Crippen LogP contribution in [0.4, 0.5) is 5.69 Å². The summed E-state index contributed by atoms with van der Waals surface area (Å²) in [6, 6.07) is 6.61. The minimum absolute atomic E-state index is 0.158. The maximum absolute atomic E-state index is 12.8. The molecule has 1 aliphatic heterocycles. The van der Waals surface area contributed by atoms with Gasteiger partial charge < -0.3 is 14.7 Å². The molecule has 1 N–H and O–H groups in total. The Kier molecular flexibility index (Phi) is 4.57. The molecule has 1 saturated heterocycles. The lowest BCUT2D eigenvalue weighted by Crippen LogP contribution is -2.52. The van der Waals surface area contributed by atoms with Crippen LogP contribution in [0.3, 0.4) is 0 Å². The second-order valence-corrected chi connectivity index (χ2v) is 6.22. The molecule has 0 spiro atoms. The number of benzene rings is 1.